The van der Waals surface area contributed by atoms with Crippen molar-refractivity contribution in [1.29, 1.82) is 0 Å². The van der Waals surface area contributed by atoms with Gasteiger partial charge < -0.3 is 56.8 Å². The second-order valence-electron chi connectivity index (χ2n) is 19.8. The molecule has 13 nitrogen and oxygen atoms in total. The lowest BCUT2D eigenvalue weighted by Gasteiger charge is -2.53. The van der Waals surface area contributed by atoms with E-state index in [1.54, 1.807) is 0 Å². The molecule has 12 saturated heterocycles. The summed E-state index contributed by atoms with van der Waals surface area (Å²) >= 11 is 0. The molecule has 0 aliphatic carbocycles. The first-order valence-corrected chi connectivity index (χ1v) is 22.2. The molecule has 12 rings (SSSR count). The van der Waals surface area contributed by atoms with Crippen LogP contribution in [-0.2, 0) is 61.6 Å². The van der Waals surface area contributed by atoms with Gasteiger partial charge in [0.25, 0.3) is 0 Å². The molecule has 0 aromatic carbocycles. The van der Waals surface area contributed by atoms with E-state index in [1.165, 1.54) is 0 Å². The van der Waals surface area contributed by atoms with Crippen molar-refractivity contribution in [2.45, 2.75) is 226 Å². The maximum absolute atomic E-state index is 14.1. The molecule has 57 heavy (non-hydrogen) atoms. The van der Waals surface area contributed by atoms with E-state index in [9.17, 15) is 4.79 Å². The fourth-order valence-electron chi connectivity index (χ4n) is 12.5. The maximum atomic E-state index is 14.1. The molecule has 0 aromatic rings. The van der Waals surface area contributed by atoms with E-state index < -0.39 is 23.8 Å². The van der Waals surface area contributed by atoms with Crippen molar-refractivity contribution in [3.63, 3.8) is 0 Å². The number of esters is 1. The van der Waals surface area contributed by atoms with Gasteiger partial charge in [-0.05, 0) is 75.9 Å². The second-order valence-corrected chi connectivity index (χ2v) is 19.8. The van der Waals surface area contributed by atoms with Crippen molar-refractivity contribution in [1.82, 2.24) is 0 Å². The summed E-state index contributed by atoms with van der Waals surface area (Å²) < 4.78 is 80.1. The van der Waals surface area contributed by atoms with Crippen LogP contribution in [0.15, 0.2) is 24.3 Å². The molecule has 12 fully saturated rings. The summed E-state index contributed by atoms with van der Waals surface area (Å²) in [6, 6.07) is 0. The van der Waals surface area contributed by atoms with Crippen LogP contribution < -0.4 is 0 Å². The van der Waals surface area contributed by atoms with Gasteiger partial charge in [-0.3, -0.25) is 4.79 Å². The highest BCUT2D eigenvalue weighted by atomic mass is 16.8. The Morgan fingerprint density at radius 1 is 0.579 bits per heavy atom. The monoisotopic (exact) mass is 798 g/mol. The van der Waals surface area contributed by atoms with Gasteiger partial charge in [0.05, 0.1) is 80.2 Å². The number of carbonyl (C=O) groups excluding carboxylic acids is 1. The minimum absolute atomic E-state index is 0.0204. The highest BCUT2D eigenvalue weighted by Gasteiger charge is 2.69. The topological polar surface area (TPSA) is 128 Å². The van der Waals surface area contributed by atoms with Gasteiger partial charge in [0.1, 0.15) is 42.7 Å². The van der Waals surface area contributed by atoms with Gasteiger partial charge in [0, 0.05) is 31.6 Å². The van der Waals surface area contributed by atoms with Gasteiger partial charge in [-0.2, -0.15) is 0 Å². The zero-order valence-corrected chi connectivity index (χ0v) is 34.0. The number of ether oxygens (including phenoxy) is 12. The van der Waals surface area contributed by atoms with E-state index in [4.69, 9.17) is 56.8 Å². The Morgan fingerprint density at radius 3 is 2.19 bits per heavy atom. The molecule has 12 bridgehead atoms. The summed E-state index contributed by atoms with van der Waals surface area (Å²) in [6.45, 7) is 17.7. The van der Waals surface area contributed by atoms with Crippen molar-refractivity contribution in [2.75, 3.05) is 6.61 Å². The third-order valence-corrected chi connectivity index (χ3v) is 15.4. The molecular weight excluding hydrogens is 736 g/mol. The van der Waals surface area contributed by atoms with Crippen molar-refractivity contribution >= 4 is 5.97 Å². The van der Waals surface area contributed by atoms with Crippen LogP contribution >= 0.6 is 0 Å². The minimum atomic E-state index is -0.794. The fourth-order valence-corrected chi connectivity index (χ4v) is 12.5. The van der Waals surface area contributed by atoms with E-state index in [0.29, 0.717) is 38.7 Å². The summed E-state index contributed by atoms with van der Waals surface area (Å²) in [5.74, 6) is -1.69. The summed E-state index contributed by atoms with van der Waals surface area (Å²) in [4.78, 5) is 14.1. The van der Waals surface area contributed by atoms with E-state index in [-0.39, 0.29) is 122 Å². The molecule has 0 N–H and O–H groups in total. The average molecular weight is 799 g/mol. The van der Waals surface area contributed by atoms with Crippen LogP contribution in [0.4, 0.5) is 0 Å². The molecule has 21 atom stereocenters. The van der Waals surface area contributed by atoms with Gasteiger partial charge in [-0.1, -0.05) is 27.0 Å². The summed E-state index contributed by atoms with van der Waals surface area (Å²) in [5, 5.41) is 0. The van der Waals surface area contributed by atoms with Crippen LogP contribution in [0.2, 0.25) is 0 Å². The van der Waals surface area contributed by atoms with Gasteiger partial charge in [0.15, 0.2) is 11.6 Å². The highest BCUT2D eigenvalue weighted by Crippen LogP contribution is 2.54. The molecule has 0 aromatic heterocycles. The molecule has 316 valence electrons. The van der Waals surface area contributed by atoms with Crippen molar-refractivity contribution in [3.05, 3.63) is 24.3 Å². The number of rotatable bonds is 0. The zero-order valence-electron chi connectivity index (χ0n) is 34.0. The molecule has 12 aliphatic rings. The third-order valence-electron chi connectivity index (χ3n) is 15.4. The lowest BCUT2D eigenvalue weighted by atomic mass is 9.79. The Hall–Kier alpha value is -1.49. The summed E-state index contributed by atoms with van der Waals surface area (Å²) in [5.41, 5.74) is 2.20. The van der Waals surface area contributed by atoms with Crippen LogP contribution in [0.25, 0.3) is 0 Å². The van der Waals surface area contributed by atoms with Crippen LogP contribution in [0, 0.1) is 11.8 Å². The second kappa shape index (κ2) is 14.3. The molecule has 12 aliphatic heterocycles. The minimum Gasteiger partial charge on any atom is -0.459 e. The van der Waals surface area contributed by atoms with Crippen molar-refractivity contribution in [2.24, 2.45) is 11.8 Å². The van der Waals surface area contributed by atoms with Gasteiger partial charge in [-0.15, -0.1) is 0 Å². The lowest BCUT2D eigenvalue weighted by molar-refractivity contribution is -0.356. The quantitative estimate of drug-likeness (QED) is 0.241. The largest absolute Gasteiger partial charge is 0.459 e. The Kier molecular flexibility index (Phi) is 9.64. The summed E-state index contributed by atoms with van der Waals surface area (Å²) in [6.07, 6.45) is 4.24. The first-order valence-electron chi connectivity index (χ1n) is 22.2. The summed E-state index contributed by atoms with van der Waals surface area (Å²) in [7, 11) is 0. The standard InChI is InChI=1S/C44H62O13/c1-20-13-24-7-9-27-21(2)14-26(47-27)11-12-44-18-33-39(56-44)40-41(52-33)42(57-44)38-28(51-40)10-8-25(49-38)15-35(45)54-37-23(4)36-32(50-31(37)16-29(48-24)22(20)3)17-30-34(53-36)19-46-43(5,6)55-30/h20,23-34,36-42H,2-3,7-19H2,1,4-6H3/t20-,23+,24+,25?,26?,27?,28+,29-,30-,31?,32+,33-,34-,36+,37-,38+,39+,40+,41-,42+,44+/m1/s1. The number of hydrogen-bond acceptors (Lipinski definition) is 13. The van der Waals surface area contributed by atoms with Gasteiger partial charge >= 0.3 is 5.97 Å². The highest BCUT2D eigenvalue weighted by molar-refractivity contribution is 5.70. The molecule has 0 amide bonds. The van der Waals surface area contributed by atoms with Crippen molar-refractivity contribution < 1.29 is 61.6 Å². The predicted octanol–water partition coefficient (Wildman–Crippen LogP) is 4.99. The first kappa shape index (κ1) is 38.4. The average Bonchev–Trinajstić information content (AvgIpc) is 3.75. The smallest absolute Gasteiger partial charge is 0.308 e. The molecular formula is C44H62O13. The number of fused-ring (bicyclic) bond motifs is 8. The molecule has 1 spiro atoms. The van der Waals surface area contributed by atoms with Gasteiger partial charge in [-0.25, -0.2) is 0 Å². The molecule has 4 unspecified atom stereocenters. The zero-order chi connectivity index (χ0) is 39.0. The van der Waals surface area contributed by atoms with Gasteiger partial charge in [0.2, 0.25) is 0 Å². The van der Waals surface area contributed by atoms with Crippen LogP contribution in [0.3, 0.4) is 0 Å². The first-order chi connectivity index (χ1) is 27.4. The predicted molar refractivity (Wildman–Crippen MR) is 200 cm³/mol. The fraction of sp³-hybridized carbons (Fsp3) is 0.886. The molecule has 12 heterocycles. The van der Waals surface area contributed by atoms with E-state index in [2.05, 4.69) is 27.0 Å². The maximum Gasteiger partial charge on any atom is 0.308 e. The molecule has 0 saturated carbocycles. The van der Waals surface area contributed by atoms with Crippen LogP contribution in [-0.4, -0.2) is 134 Å². The van der Waals surface area contributed by atoms with E-state index in [1.807, 2.05) is 13.8 Å². The Bertz CT molecular complexity index is 1600. The van der Waals surface area contributed by atoms with Crippen LogP contribution in [0.1, 0.15) is 105 Å². The molecule has 13 heteroatoms. The van der Waals surface area contributed by atoms with E-state index in [0.717, 1.165) is 49.7 Å². The molecule has 0 radical (unpaired) electrons. The lowest BCUT2D eigenvalue weighted by Crippen LogP contribution is -2.64. The Balaban J connectivity index is 0.879. The SMILES string of the molecule is C=C1CC2CC[C@@]34C[C@H]5O[C@H]6[C@@H](O3)[C@H]3OC(CC[C@@H]3O[C@H]6[C@H]5O4)CC(=O)O[C@H]3C(C[C@H]4O[C@@H](CCC1O2)C[C@@H](C)C4=C)O[C@H]1C[C@H]2OC(C)(C)OC[C@H]2O[C@H]1[C@@H]3C. The Morgan fingerprint density at radius 2 is 1.32 bits per heavy atom. The van der Waals surface area contributed by atoms with Crippen LogP contribution in [0.5, 0.6) is 0 Å². The third kappa shape index (κ3) is 6.81. The Labute approximate surface area is 336 Å². The number of carbonyl (C=O) groups is 1. The number of hydrogen-bond donors (Lipinski definition) is 0. The van der Waals surface area contributed by atoms with Crippen molar-refractivity contribution in [3.8, 4) is 0 Å². The van der Waals surface area contributed by atoms with E-state index >= 15 is 0 Å². The normalized spacial score (nSPS) is 55.5.